The van der Waals surface area contributed by atoms with E-state index < -0.39 is 0 Å². The zero-order chi connectivity index (χ0) is 14.7. The summed E-state index contributed by atoms with van der Waals surface area (Å²) in [6.45, 7) is 8.25. The maximum atomic E-state index is 5.71. The Kier molecular flexibility index (Phi) is 5.02. The molecule has 1 saturated heterocycles. The van der Waals surface area contributed by atoms with Crippen LogP contribution >= 0.6 is 0 Å². The summed E-state index contributed by atoms with van der Waals surface area (Å²) in [5, 5.41) is 3.86. The van der Waals surface area contributed by atoms with Crippen molar-refractivity contribution in [3.63, 3.8) is 0 Å². The fourth-order valence-electron chi connectivity index (χ4n) is 4.18. The molecule has 0 bridgehead atoms. The molecule has 4 atom stereocenters. The Bertz CT molecular complexity index is 411. The van der Waals surface area contributed by atoms with E-state index in [0.29, 0.717) is 12.1 Å². The molecule has 1 aromatic rings. The van der Waals surface area contributed by atoms with Crippen LogP contribution in [0, 0.1) is 11.8 Å². The van der Waals surface area contributed by atoms with E-state index in [9.17, 15) is 0 Å². The molecular formula is C18H30N2O. The van der Waals surface area contributed by atoms with Crippen LogP contribution in [0.3, 0.4) is 0 Å². The molecule has 1 aliphatic carbocycles. The number of nitrogens with zero attached hydrogens (tertiary/aromatic N) is 1. The number of hydrogen-bond donors (Lipinski definition) is 1. The van der Waals surface area contributed by atoms with Crippen LogP contribution in [0.1, 0.15) is 57.8 Å². The molecule has 2 fully saturated rings. The lowest BCUT2D eigenvalue weighted by atomic mass is 9.80. The van der Waals surface area contributed by atoms with Crippen LogP contribution in [-0.2, 0) is 0 Å². The minimum atomic E-state index is 0.411. The van der Waals surface area contributed by atoms with Gasteiger partial charge in [0.1, 0.15) is 5.76 Å². The van der Waals surface area contributed by atoms with Crippen LogP contribution in [0.4, 0.5) is 0 Å². The Labute approximate surface area is 129 Å². The molecular weight excluding hydrogens is 260 g/mol. The minimum absolute atomic E-state index is 0.411. The highest BCUT2D eigenvalue weighted by Crippen LogP contribution is 2.30. The lowest BCUT2D eigenvalue weighted by molar-refractivity contribution is 0.177. The van der Waals surface area contributed by atoms with Crippen LogP contribution in [-0.4, -0.2) is 30.6 Å². The molecule has 2 aliphatic rings. The fraction of sp³-hybridized carbons (Fsp3) is 0.778. The molecule has 1 aliphatic heterocycles. The van der Waals surface area contributed by atoms with E-state index in [1.54, 1.807) is 0 Å². The molecule has 0 spiro atoms. The monoisotopic (exact) mass is 290 g/mol. The van der Waals surface area contributed by atoms with Gasteiger partial charge in [-0.2, -0.15) is 0 Å². The van der Waals surface area contributed by atoms with Gasteiger partial charge in [-0.15, -0.1) is 0 Å². The fourth-order valence-corrected chi connectivity index (χ4v) is 4.18. The highest BCUT2D eigenvalue weighted by molar-refractivity contribution is 5.06. The molecule has 21 heavy (non-hydrogen) atoms. The van der Waals surface area contributed by atoms with Crippen molar-refractivity contribution in [1.82, 2.24) is 10.2 Å². The Hall–Kier alpha value is -0.800. The molecule has 1 saturated carbocycles. The molecule has 1 aromatic heterocycles. The summed E-state index contributed by atoms with van der Waals surface area (Å²) in [6.07, 6.45) is 8.53. The first-order valence-corrected chi connectivity index (χ1v) is 8.75. The topological polar surface area (TPSA) is 28.4 Å². The standard InChI is InChI=1S/C18H30N2O/c1-14-7-8-16(15(2)12-14)19-13-17(18-6-5-11-21-18)20-9-3-4-10-20/h5-6,11,14-17,19H,3-4,7-10,12-13H2,1-2H3. The predicted molar refractivity (Wildman–Crippen MR) is 86.2 cm³/mol. The lowest BCUT2D eigenvalue weighted by Crippen LogP contribution is -2.43. The highest BCUT2D eigenvalue weighted by atomic mass is 16.3. The van der Waals surface area contributed by atoms with Gasteiger partial charge in [0.15, 0.2) is 0 Å². The highest BCUT2D eigenvalue weighted by Gasteiger charge is 2.29. The van der Waals surface area contributed by atoms with Crippen molar-refractivity contribution in [2.45, 2.75) is 58.0 Å². The number of hydrogen-bond acceptors (Lipinski definition) is 3. The van der Waals surface area contributed by atoms with Gasteiger partial charge < -0.3 is 9.73 Å². The number of furan rings is 1. The van der Waals surface area contributed by atoms with E-state index in [0.717, 1.165) is 24.1 Å². The normalized spacial score (nSPS) is 32.4. The van der Waals surface area contributed by atoms with Crippen molar-refractivity contribution in [1.29, 1.82) is 0 Å². The molecule has 118 valence electrons. The Balaban J connectivity index is 1.59. The van der Waals surface area contributed by atoms with Crippen LogP contribution in [0.25, 0.3) is 0 Å². The Morgan fingerprint density at radius 2 is 2.10 bits per heavy atom. The van der Waals surface area contributed by atoms with E-state index in [1.807, 2.05) is 12.3 Å². The average molecular weight is 290 g/mol. The third kappa shape index (κ3) is 3.70. The second-order valence-corrected chi connectivity index (χ2v) is 7.18. The Morgan fingerprint density at radius 1 is 1.29 bits per heavy atom. The average Bonchev–Trinajstić information content (AvgIpc) is 3.14. The second-order valence-electron chi connectivity index (χ2n) is 7.18. The van der Waals surface area contributed by atoms with Crippen LogP contribution < -0.4 is 5.32 Å². The van der Waals surface area contributed by atoms with Gasteiger partial charge in [0.2, 0.25) is 0 Å². The molecule has 3 rings (SSSR count). The predicted octanol–water partition coefficient (Wildman–Crippen LogP) is 3.83. The number of likely N-dealkylation sites (tertiary alicyclic amines) is 1. The third-order valence-corrected chi connectivity index (χ3v) is 5.46. The van der Waals surface area contributed by atoms with Crippen molar-refractivity contribution >= 4 is 0 Å². The molecule has 1 N–H and O–H groups in total. The van der Waals surface area contributed by atoms with E-state index in [1.165, 1.54) is 45.2 Å². The van der Waals surface area contributed by atoms with Crippen molar-refractivity contribution in [2.24, 2.45) is 11.8 Å². The van der Waals surface area contributed by atoms with Gasteiger partial charge in [-0.05, 0) is 69.2 Å². The second kappa shape index (κ2) is 6.97. The molecule has 3 heteroatoms. The molecule has 3 nitrogen and oxygen atoms in total. The smallest absolute Gasteiger partial charge is 0.122 e. The van der Waals surface area contributed by atoms with E-state index in [2.05, 4.69) is 30.1 Å². The van der Waals surface area contributed by atoms with Crippen LogP contribution in [0.2, 0.25) is 0 Å². The van der Waals surface area contributed by atoms with E-state index in [-0.39, 0.29) is 0 Å². The summed E-state index contributed by atoms with van der Waals surface area (Å²) in [4.78, 5) is 2.59. The summed E-state index contributed by atoms with van der Waals surface area (Å²) >= 11 is 0. The number of rotatable bonds is 5. The van der Waals surface area contributed by atoms with Crippen molar-refractivity contribution in [3.05, 3.63) is 24.2 Å². The largest absolute Gasteiger partial charge is 0.468 e. The molecule has 4 unspecified atom stereocenters. The van der Waals surface area contributed by atoms with Crippen LogP contribution in [0.5, 0.6) is 0 Å². The third-order valence-electron chi connectivity index (χ3n) is 5.46. The molecule has 0 aromatic carbocycles. The minimum Gasteiger partial charge on any atom is -0.468 e. The van der Waals surface area contributed by atoms with E-state index >= 15 is 0 Å². The van der Waals surface area contributed by atoms with Crippen LogP contribution in [0.15, 0.2) is 22.8 Å². The Morgan fingerprint density at radius 3 is 2.76 bits per heavy atom. The maximum Gasteiger partial charge on any atom is 0.122 e. The summed E-state index contributed by atoms with van der Waals surface area (Å²) < 4.78 is 5.71. The van der Waals surface area contributed by atoms with Crippen molar-refractivity contribution < 1.29 is 4.42 Å². The molecule has 0 amide bonds. The first-order valence-electron chi connectivity index (χ1n) is 8.75. The number of nitrogens with one attached hydrogen (secondary N) is 1. The maximum absolute atomic E-state index is 5.71. The van der Waals surface area contributed by atoms with Gasteiger partial charge >= 0.3 is 0 Å². The summed E-state index contributed by atoms with van der Waals surface area (Å²) in [6, 6.07) is 5.25. The quantitative estimate of drug-likeness (QED) is 0.893. The first-order chi connectivity index (χ1) is 10.2. The van der Waals surface area contributed by atoms with Gasteiger partial charge in [-0.1, -0.05) is 13.8 Å². The van der Waals surface area contributed by atoms with E-state index in [4.69, 9.17) is 4.42 Å². The first kappa shape index (κ1) is 15.1. The van der Waals surface area contributed by atoms with Gasteiger partial charge in [0.05, 0.1) is 12.3 Å². The van der Waals surface area contributed by atoms with Gasteiger partial charge in [0, 0.05) is 12.6 Å². The molecule has 0 radical (unpaired) electrons. The summed E-state index contributed by atoms with van der Waals surface area (Å²) in [5.74, 6) is 2.82. The lowest BCUT2D eigenvalue weighted by Gasteiger charge is -2.35. The summed E-state index contributed by atoms with van der Waals surface area (Å²) in [7, 11) is 0. The summed E-state index contributed by atoms with van der Waals surface area (Å²) in [5.41, 5.74) is 0. The van der Waals surface area contributed by atoms with Crippen molar-refractivity contribution in [2.75, 3.05) is 19.6 Å². The zero-order valence-corrected chi connectivity index (χ0v) is 13.6. The SMILES string of the molecule is CC1CCC(NCC(c2ccco2)N2CCCC2)C(C)C1. The van der Waals surface area contributed by atoms with Gasteiger partial charge in [-0.25, -0.2) is 0 Å². The van der Waals surface area contributed by atoms with Gasteiger partial charge in [0.25, 0.3) is 0 Å². The van der Waals surface area contributed by atoms with Gasteiger partial charge in [-0.3, -0.25) is 4.90 Å². The zero-order valence-electron chi connectivity index (χ0n) is 13.6. The van der Waals surface area contributed by atoms with Crippen molar-refractivity contribution in [3.8, 4) is 0 Å². The molecule has 2 heterocycles.